The fourth-order valence-electron chi connectivity index (χ4n) is 0.944. The van der Waals surface area contributed by atoms with Gasteiger partial charge in [0.05, 0.1) is 6.10 Å². The number of hydrogen-bond acceptors (Lipinski definition) is 2. The molecule has 0 aliphatic heterocycles. The lowest BCUT2D eigenvalue weighted by molar-refractivity contribution is 0.0218. The summed E-state index contributed by atoms with van der Waals surface area (Å²) in [5.41, 5.74) is 0. The molecule has 0 aromatic heterocycles. The lowest BCUT2D eigenvalue weighted by Gasteiger charge is -2.24. The van der Waals surface area contributed by atoms with Crippen molar-refractivity contribution in [2.45, 2.75) is 46.5 Å². The maximum atomic E-state index is 5.82. The summed E-state index contributed by atoms with van der Waals surface area (Å²) in [6.07, 6.45) is 0.307. The number of hydrogen-bond donors (Lipinski definition) is 0. The molecule has 2 atom stereocenters. The second kappa shape index (κ2) is 5.78. The van der Waals surface area contributed by atoms with Crippen LogP contribution in [0.5, 0.6) is 0 Å². The molecule has 0 N–H and O–H groups in total. The minimum atomic E-state index is -1.34. The SMILES string of the molecule is CCOC(C)C(C)CO[Si](C)(C)C. The summed E-state index contributed by atoms with van der Waals surface area (Å²) in [7, 11) is -1.34. The van der Waals surface area contributed by atoms with Crippen LogP contribution in [0, 0.1) is 5.92 Å². The molecular formula is C10H24O2Si. The molecule has 80 valence electrons. The highest BCUT2D eigenvalue weighted by molar-refractivity contribution is 6.69. The van der Waals surface area contributed by atoms with Gasteiger partial charge in [-0.2, -0.15) is 0 Å². The summed E-state index contributed by atoms with van der Waals surface area (Å²) >= 11 is 0. The van der Waals surface area contributed by atoms with Crippen molar-refractivity contribution in [1.29, 1.82) is 0 Å². The van der Waals surface area contributed by atoms with E-state index in [0.29, 0.717) is 12.0 Å². The van der Waals surface area contributed by atoms with Gasteiger partial charge in [0.1, 0.15) is 0 Å². The summed E-state index contributed by atoms with van der Waals surface area (Å²) in [6, 6.07) is 0. The highest BCUT2D eigenvalue weighted by atomic mass is 28.4. The molecule has 0 aliphatic carbocycles. The van der Waals surface area contributed by atoms with Crippen LogP contribution in [0.3, 0.4) is 0 Å². The predicted octanol–water partition coefficient (Wildman–Crippen LogP) is 2.90. The zero-order chi connectivity index (χ0) is 10.5. The second-order valence-corrected chi connectivity index (χ2v) is 9.07. The Labute approximate surface area is 83.8 Å². The van der Waals surface area contributed by atoms with Gasteiger partial charge in [-0.15, -0.1) is 0 Å². The molecule has 2 unspecified atom stereocenters. The van der Waals surface area contributed by atoms with Gasteiger partial charge in [0.2, 0.25) is 0 Å². The minimum absolute atomic E-state index is 0.307. The van der Waals surface area contributed by atoms with Gasteiger partial charge < -0.3 is 9.16 Å². The maximum absolute atomic E-state index is 5.82. The molecule has 0 aliphatic rings. The molecule has 0 saturated heterocycles. The lowest BCUT2D eigenvalue weighted by Crippen LogP contribution is -2.31. The summed E-state index contributed by atoms with van der Waals surface area (Å²) in [4.78, 5) is 0. The first-order valence-corrected chi connectivity index (χ1v) is 8.53. The largest absolute Gasteiger partial charge is 0.417 e. The third-order valence-corrected chi connectivity index (χ3v) is 3.04. The van der Waals surface area contributed by atoms with Gasteiger partial charge in [-0.3, -0.25) is 0 Å². The van der Waals surface area contributed by atoms with Gasteiger partial charge in [0.25, 0.3) is 0 Å². The van der Waals surface area contributed by atoms with Crippen molar-refractivity contribution in [1.82, 2.24) is 0 Å². The Morgan fingerprint density at radius 3 is 2.08 bits per heavy atom. The molecule has 13 heavy (non-hydrogen) atoms. The topological polar surface area (TPSA) is 18.5 Å². The maximum Gasteiger partial charge on any atom is 0.183 e. The standard InChI is InChI=1S/C10H24O2Si/c1-7-11-10(3)9(2)8-12-13(4,5)6/h9-10H,7-8H2,1-6H3. The van der Waals surface area contributed by atoms with Gasteiger partial charge in [-0.05, 0) is 33.5 Å². The Kier molecular flexibility index (Phi) is 5.84. The molecule has 0 rings (SSSR count). The van der Waals surface area contributed by atoms with E-state index in [0.717, 1.165) is 13.2 Å². The van der Waals surface area contributed by atoms with Crippen LogP contribution in [0.15, 0.2) is 0 Å². The van der Waals surface area contributed by atoms with E-state index in [1.165, 1.54) is 0 Å². The van der Waals surface area contributed by atoms with E-state index in [1.54, 1.807) is 0 Å². The van der Waals surface area contributed by atoms with Crippen LogP contribution in [-0.2, 0) is 9.16 Å². The molecular weight excluding hydrogens is 180 g/mol. The smallest absolute Gasteiger partial charge is 0.183 e. The molecule has 0 bridgehead atoms. The van der Waals surface area contributed by atoms with Crippen molar-refractivity contribution in [3.63, 3.8) is 0 Å². The van der Waals surface area contributed by atoms with Crippen molar-refractivity contribution < 1.29 is 9.16 Å². The summed E-state index contributed by atoms with van der Waals surface area (Å²) in [5, 5.41) is 0. The molecule has 0 saturated carbocycles. The number of rotatable bonds is 6. The van der Waals surface area contributed by atoms with E-state index < -0.39 is 8.32 Å². The van der Waals surface area contributed by atoms with Crippen LogP contribution in [0.25, 0.3) is 0 Å². The van der Waals surface area contributed by atoms with Crippen LogP contribution in [0.1, 0.15) is 20.8 Å². The lowest BCUT2D eigenvalue weighted by atomic mass is 10.1. The van der Waals surface area contributed by atoms with Gasteiger partial charge in [0.15, 0.2) is 8.32 Å². The van der Waals surface area contributed by atoms with Crippen molar-refractivity contribution in [2.24, 2.45) is 5.92 Å². The van der Waals surface area contributed by atoms with Crippen molar-refractivity contribution in [3.8, 4) is 0 Å². The highest BCUT2D eigenvalue weighted by Crippen LogP contribution is 2.11. The monoisotopic (exact) mass is 204 g/mol. The Hall–Kier alpha value is 0.137. The predicted molar refractivity (Wildman–Crippen MR) is 59.6 cm³/mol. The second-order valence-electron chi connectivity index (χ2n) is 4.56. The quantitative estimate of drug-likeness (QED) is 0.619. The summed E-state index contributed by atoms with van der Waals surface area (Å²) in [6.45, 7) is 14.6. The fourth-order valence-corrected chi connectivity index (χ4v) is 1.71. The summed E-state index contributed by atoms with van der Waals surface area (Å²) < 4.78 is 11.3. The van der Waals surface area contributed by atoms with Crippen LogP contribution in [0.4, 0.5) is 0 Å². The zero-order valence-electron chi connectivity index (χ0n) is 9.89. The summed E-state index contributed by atoms with van der Waals surface area (Å²) in [5.74, 6) is 0.492. The van der Waals surface area contributed by atoms with E-state index in [9.17, 15) is 0 Å². The molecule has 0 heterocycles. The van der Waals surface area contributed by atoms with Crippen LogP contribution in [0.2, 0.25) is 19.6 Å². The molecule has 2 nitrogen and oxygen atoms in total. The average Bonchev–Trinajstić information content (AvgIpc) is 1.99. The molecule has 3 heteroatoms. The van der Waals surface area contributed by atoms with E-state index in [-0.39, 0.29) is 0 Å². The van der Waals surface area contributed by atoms with Gasteiger partial charge in [0, 0.05) is 19.1 Å². The normalized spacial score (nSPS) is 17.1. The van der Waals surface area contributed by atoms with E-state index in [2.05, 4.69) is 33.5 Å². The fraction of sp³-hybridized carbons (Fsp3) is 1.00. The average molecular weight is 204 g/mol. The zero-order valence-corrected chi connectivity index (χ0v) is 10.9. The molecule has 0 aromatic rings. The third kappa shape index (κ3) is 7.23. The van der Waals surface area contributed by atoms with Gasteiger partial charge in [-0.1, -0.05) is 6.92 Å². The van der Waals surface area contributed by atoms with E-state index in [1.807, 2.05) is 6.92 Å². The van der Waals surface area contributed by atoms with Crippen molar-refractivity contribution in [3.05, 3.63) is 0 Å². The Bertz CT molecular complexity index is 131. The first-order valence-electron chi connectivity index (χ1n) is 5.12. The van der Waals surface area contributed by atoms with E-state index in [4.69, 9.17) is 9.16 Å². The molecule has 0 aromatic carbocycles. The van der Waals surface area contributed by atoms with E-state index >= 15 is 0 Å². The van der Waals surface area contributed by atoms with Crippen LogP contribution in [-0.4, -0.2) is 27.6 Å². The molecule has 0 radical (unpaired) electrons. The molecule has 0 amide bonds. The Morgan fingerprint density at radius 1 is 1.15 bits per heavy atom. The van der Waals surface area contributed by atoms with Gasteiger partial charge >= 0.3 is 0 Å². The first-order chi connectivity index (χ1) is 5.87. The Balaban J connectivity index is 3.67. The minimum Gasteiger partial charge on any atom is -0.417 e. The third-order valence-electron chi connectivity index (χ3n) is 2.01. The van der Waals surface area contributed by atoms with Crippen molar-refractivity contribution in [2.75, 3.05) is 13.2 Å². The van der Waals surface area contributed by atoms with Crippen LogP contribution >= 0.6 is 0 Å². The van der Waals surface area contributed by atoms with Crippen molar-refractivity contribution >= 4 is 8.32 Å². The molecule has 0 fully saturated rings. The first kappa shape index (κ1) is 13.1. The number of ether oxygens (including phenoxy) is 1. The molecule has 0 spiro atoms. The van der Waals surface area contributed by atoms with Gasteiger partial charge in [-0.25, -0.2) is 0 Å². The van der Waals surface area contributed by atoms with Crippen LogP contribution < -0.4 is 0 Å². The highest BCUT2D eigenvalue weighted by Gasteiger charge is 2.18. The Morgan fingerprint density at radius 2 is 1.69 bits per heavy atom.